The van der Waals surface area contributed by atoms with E-state index in [2.05, 4.69) is 10.3 Å². The maximum atomic E-state index is 12.6. The van der Waals surface area contributed by atoms with E-state index in [1.54, 1.807) is 0 Å². The van der Waals surface area contributed by atoms with Gasteiger partial charge in [0.05, 0.1) is 21.8 Å². The minimum Gasteiger partial charge on any atom is -0.301 e. The van der Waals surface area contributed by atoms with E-state index < -0.39 is 14.8 Å². The molecule has 0 fully saturated rings. The maximum absolute atomic E-state index is 12.6. The van der Waals surface area contributed by atoms with Crippen molar-refractivity contribution in [2.24, 2.45) is 0 Å². The number of rotatable bonds is 7. The number of thioether (sulfide) groups is 1. The summed E-state index contributed by atoms with van der Waals surface area (Å²) in [6.07, 6.45) is 1.16. The monoisotopic (exact) mass is 449 g/mol. The van der Waals surface area contributed by atoms with Crippen molar-refractivity contribution in [1.29, 1.82) is 0 Å². The van der Waals surface area contributed by atoms with Crippen molar-refractivity contribution in [2.75, 3.05) is 11.1 Å². The predicted molar refractivity (Wildman–Crippen MR) is 111 cm³/mol. The molecule has 0 saturated heterocycles. The Labute approximate surface area is 175 Å². The Morgan fingerprint density at radius 3 is 2.45 bits per heavy atom. The molecular weight excluding hydrogens is 434 g/mol. The summed E-state index contributed by atoms with van der Waals surface area (Å²) in [5.74, 6) is -0.142. The number of carbonyl (C=O) groups excluding carboxylic acids is 1. The number of sulfone groups is 1. The second-order valence-electron chi connectivity index (χ2n) is 5.89. The van der Waals surface area contributed by atoms with Crippen LogP contribution in [0.25, 0.3) is 0 Å². The molecule has 0 aliphatic heterocycles. The molecule has 29 heavy (non-hydrogen) atoms. The Morgan fingerprint density at radius 2 is 1.83 bits per heavy atom. The Hall–Kier alpha value is -2.76. The predicted octanol–water partition coefficient (Wildman–Crippen LogP) is 3.92. The van der Waals surface area contributed by atoms with Crippen LogP contribution in [0.4, 0.5) is 10.8 Å². The molecule has 150 valence electrons. The third-order valence-corrected chi connectivity index (χ3v) is 7.90. The summed E-state index contributed by atoms with van der Waals surface area (Å²) >= 11 is 2.18. The lowest BCUT2D eigenvalue weighted by molar-refractivity contribution is -0.384. The van der Waals surface area contributed by atoms with Crippen LogP contribution in [0.15, 0.2) is 68.7 Å². The highest BCUT2D eigenvalue weighted by Gasteiger charge is 2.22. The molecule has 1 amide bonds. The van der Waals surface area contributed by atoms with Crippen LogP contribution in [0.2, 0.25) is 0 Å². The van der Waals surface area contributed by atoms with Gasteiger partial charge in [0.2, 0.25) is 15.7 Å². The van der Waals surface area contributed by atoms with Gasteiger partial charge < -0.3 is 5.32 Å². The van der Waals surface area contributed by atoms with Crippen LogP contribution in [-0.2, 0) is 14.6 Å². The number of carbonyl (C=O) groups is 1. The van der Waals surface area contributed by atoms with Gasteiger partial charge in [-0.15, -0.1) is 11.8 Å². The minimum absolute atomic E-state index is 0.0622. The largest absolute Gasteiger partial charge is 0.301 e. The number of anilines is 1. The van der Waals surface area contributed by atoms with Crippen molar-refractivity contribution in [1.82, 2.24) is 4.98 Å². The average molecular weight is 450 g/mol. The number of nitro benzene ring substituents is 1. The summed E-state index contributed by atoms with van der Waals surface area (Å²) in [5.41, 5.74) is 0.927. The molecule has 11 heteroatoms. The molecule has 0 radical (unpaired) electrons. The number of aryl methyl sites for hydroxylation is 1. The van der Waals surface area contributed by atoms with Crippen LogP contribution in [0.1, 0.15) is 5.56 Å². The molecule has 0 bridgehead atoms. The second-order valence-corrected chi connectivity index (χ2v) is 10.1. The Morgan fingerprint density at radius 1 is 1.17 bits per heavy atom. The lowest BCUT2D eigenvalue weighted by Crippen LogP contribution is -2.13. The molecular formula is C18H15N3O5S3. The van der Waals surface area contributed by atoms with Gasteiger partial charge in [-0.3, -0.25) is 14.9 Å². The molecule has 0 atom stereocenters. The lowest BCUT2D eigenvalue weighted by Gasteiger charge is -2.03. The number of nitrogens with one attached hydrogen (secondary N) is 1. The standard InChI is InChI=1S/C18H15N3O5S3/c1-12-2-6-14(7-3-12)27-11-16(22)20-18-19-10-17(28-18)29(25,26)15-8-4-13(5-9-15)21(23)24/h2-10H,11H2,1H3,(H,19,20,22). The number of non-ortho nitro benzene ring substituents is 1. The first-order valence-electron chi connectivity index (χ1n) is 8.20. The van der Waals surface area contributed by atoms with Gasteiger partial charge in [-0.25, -0.2) is 13.4 Å². The van der Waals surface area contributed by atoms with Gasteiger partial charge in [0, 0.05) is 17.0 Å². The molecule has 8 nitrogen and oxygen atoms in total. The van der Waals surface area contributed by atoms with Crippen LogP contribution >= 0.6 is 23.1 Å². The van der Waals surface area contributed by atoms with Crippen LogP contribution in [0.5, 0.6) is 0 Å². The van der Waals surface area contributed by atoms with Crippen LogP contribution in [0.3, 0.4) is 0 Å². The highest BCUT2D eigenvalue weighted by molar-refractivity contribution is 8.00. The zero-order chi connectivity index (χ0) is 21.0. The topological polar surface area (TPSA) is 119 Å². The third kappa shape index (κ3) is 5.19. The van der Waals surface area contributed by atoms with Crippen molar-refractivity contribution >= 4 is 49.7 Å². The van der Waals surface area contributed by atoms with E-state index in [0.29, 0.717) is 0 Å². The molecule has 0 spiro atoms. The highest BCUT2D eigenvalue weighted by atomic mass is 32.2. The Kier molecular flexibility index (Phi) is 6.30. The molecule has 0 saturated carbocycles. The molecule has 0 aliphatic rings. The van der Waals surface area contributed by atoms with Gasteiger partial charge in [0.1, 0.15) is 4.21 Å². The van der Waals surface area contributed by atoms with E-state index in [1.165, 1.54) is 23.9 Å². The Balaban J connectivity index is 1.65. The minimum atomic E-state index is -3.88. The van der Waals surface area contributed by atoms with E-state index in [0.717, 1.165) is 40.1 Å². The fraction of sp³-hybridized carbons (Fsp3) is 0.111. The number of hydrogen-bond acceptors (Lipinski definition) is 8. The fourth-order valence-corrected chi connectivity index (χ4v) is 5.39. The van der Waals surface area contributed by atoms with E-state index in [1.807, 2.05) is 31.2 Å². The summed E-state index contributed by atoms with van der Waals surface area (Å²) < 4.78 is 25.2. The number of amides is 1. The first-order chi connectivity index (χ1) is 13.8. The zero-order valence-electron chi connectivity index (χ0n) is 15.1. The van der Waals surface area contributed by atoms with Crippen molar-refractivity contribution in [3.8, 4) is 0 Å². The molecule has 3 rings (SSSR count). The summed E-state index contributed by atoms with van der Waals surface area (Å²) in [5, 5.41) is 13.5. The second kappa shape index (κ2) is 8.72. The Bertz CT molecular complexity index is 1140. The molecule has 1 aromatic heterocycles. The number of benzene rings is 2. The van der Waals surface area contributed by atoms with Crippen LogP contribution in [-0.4, -0.2) is 30.0 Å². The summed E-state index contributed by atoms with van der Waals surface area (Å²) in [6.45, 7) is 1.98. The molecule has 3 aromatic rings. The lowest BCUT2D eigenvalue weighted by atomic mass is 10.2. The van der Waals surface area contributed by atoms with Crippen molar-refractivity contribution in [2.45, 2.75) is 20.9 Å². The molecule has 2 aromatic carbocycles. The normalized spacial score (nSPS) is 11.2. The molecule has 1 heterocycles. The van der Waals surface area contributed by atoms with Crippen LogP contribution < -0.4 is 5.32 Å². The van der Waals surface area contributed by atoms with Gasteiger partial charge in [-0.1, -0.05) is 29.0 Å². The van der Waals surface area contributed by atoms with Crippen molar-refractivity contribution in [3.05, 3.63) is 70.4 Å². The fourth-order valence-electron chi connectivity index (χ4n) is 2.24. The number of aromatic nitrogens is 1. The smallest absolute Gasteiger partial charge is 0.269 e. The van der Waals surface area contributed by atoms with Crippen LogP contribution in [0, 0.1) is 17.0 Å². The van der Waals surface area contributed by atoms with Gasteiger partial charge >= 0.3 is 0 Å². The third-order valence-electron chi connectivity index (χ3n) is 3.74. The highest BCUT2D eigenvalue weighted by Crippen LogP contribution is 2.29. The maximum Gasteiger partial charge on any atom is 0.269 e. The first kappa shape index (κ1) is 21.0. The van der Waals surface area contributed by atoms with E-state index in [4.69, 9.17) is 0 Å². The average Bonchev–Trinajstić information content (AvgIpc) is 3.17. The SMILES string of the molecule is Cc1ccc(SCC(=O)Nc2ncc(S(=O)(=O)c3ccc([N+](=O)[O-])cc3)s2)cc1. The quantitative estimate of drug-likeness (QED) is 0.330. The van der Waals surface area contributed by atoms with E-state index >= 15 is 0 Å². The summed E-state index contributed by atoms with van der Waals surface area (Å²) in [4.78, 5) is 27.0. The van der Waals surface area contributed by atoms with Crippen molar-refractivity contribution in [3.63, 3.8) is 0 Å². The summed E-state index contributed by atoms with van der Waals surface area (Å²) in [7, 11) is -3.88. The van der Waals surface area contributed by atoms with Gasteiger partial charge in [0.15, 0.2) is 5.13 Å². The molecule has 0 aliphatic carbocycles. The first-order valence-corrected chi connectivity index (χ1v) is 11.5. The number of nitrogens with zero attached hydrogens (tertiary/aromatic N) is 2. The van der Waals surface area contributed by atoms with Gasteiger partial charge in [-0.05, 0) is 31.2 Å². The van der Waals surface area contributed by atoms with E-state index in [-0.39, 0.29) is 31.6 Å². The van der Waals surface area contributed by atoms with Gasteiger partial charge in [-0.2, -0.15) is 0 Å². The van der Waals surface area contributed by atoms with Gasteiger partial charge in [0.25, 0.3) is 5.69 Å². The van der Waals surface area contributed by atoms with E-state index in [9.17, 15) is 23.3 Å². The number of thiazole rings is 1. The zero-order valence-corrected chi connectivity index (χ0v) is 17.5. The number of nitro groups is 1. The number of hydrogen-bond donors (Lipinski definition) is 1. The molecule has 0 unspecified atom stereocenters. The van der Waals surface area contributed by atoms with Crippen molar-refractivity contribution < 1.29 is 18.1 Å². The summed E-state index contributed by atoms with van der Waals surface area (Å²) in [6, 6.07) is 12.3. The molecule has 1 N–H and O–H groups in total.